The molecule has 0 saturated heterocycles. The number of alkyl halides is 2. The van der Waals surface area contributed by atoms with Crippen LogP contribution < -0.4 is 10.1 Å². The first-order chi connectivity index (χ1) is 15.1. The fraction of sp³-hybridized carbons (Fsp3) is 0.238. The van der Waals surface area contributed by atoms with E-state index < -0.39 is 18.0 Å². The van der Waals surface area contributed by atoms with Crippen molar-refractivity contribution in [2.75, 3.05) is 5.75 Å². The van der Waals surface area contributed by atoms with E-state index in [9.17, 15) is 13.6 Å². The van der Waals surface area contributed by atoms with Crippen molar-refractivity contribution in [3.05, 3.63) is 68.9 Å². The second-order valence-electron chi connectivity index (χ2n) is 6.86. The van der Waals surface area contributed by atoms with E-state index in [1.807, 2.05) is 0 Å². The summed E-state index contributed by atoms with van der Waals surface area (Å²) in [5.41, 5.74) is -0.702. The molecule has 32 heavy (non-hydrogen) atoms. The number of halogens is 5. The summed E-state index contributed by atoms with van der Waals surface area (Å²) >= 11 is 20.0. The molecule has 1 N–H and O–H groups in total. The predicted molar refractivity (Wildman–Crippen MR) is 124 cm³/mol. The van der Waals surface area contributed by atoms with Gasteiger partial charge < -0.3 is 10.1 Å². The van der Waals surface area contributed by atoms with Crippen molar-refractivity contribution in [1.29, 1.82) is 0 Å². The van der Waals surface area contributed by atoms with Gasteiger partial charge >= 0.3 is 0 Å². The summed E-state index contributed by atoms with van der Waals surface area (Å²) < 4.78 is 33.1. The Bertz CT molecular complexity index is 1090. The summed E-state index contributed by atoms with van der Waals surface area (Å²) in [4.78, 5) is 13.0. The molecule has 0 aliphatic rings. The molecule has 1 amide bonds. The molecular weight excluding hydrogens is 503 g/mol. The highest BCUT2D eigenvalue weighted by molar-refractivity contribution is 7.99. The lowest BCUT2D eigenvalue weighted by Gasteiger charge is -2.15. The molecule has 3 rings (SSSR count). The van der Waals surface area contributed by atoms with Gasteiger partial charge in [-0.25, -0.2) is 8.78 Å². The lowest BCUT2D eigenvalue weighted by molar-refractivity contribution is 0.0929. The molecule has 1 unspecified atom stereocenters. The molecule has 5 nitrogen and oxygen atoms in total. The van der Waals surface area contributed by atoms with E-state index in [2.05, 4.69) is 10.4 Å². The minimum absolute atomic E-state index is 0.154. The Labute approximate surface area is 203 Å². The molecular formula is C21H18Cl3F2N3O2S. The third-order valence-corrected chi connectivity index (χ3v) is 6.65. The molecule has 170 valence electrons. The molecule has 0 radical (unpaired) electrons. The number of carbonyl (C=O) groups excluding carboxylic acids is 1. The minimum Gasteiger partial charge on any atom is -0.457 e. The summed E-state index contributed by atoms with van der Waals surface area (Å²) in [6.07, 6.45) is -1.57. The molecule has 1 atom stereocenters. The Morgan fingerprint density at radius 1 is 1.16 bits per heavy atom. The molecule has 1 aromatic heterocycles. The number of hydrogen-bond donors (Lipinski definition) is 1. The highest BCUT2D eigenvalue weighted by Crippen LogP contribution is 2.39. The maximum Gasteiger partial charge on any atom is 0.282 e. The Morgan fingerprint density at radius 3 is 2.38 bits per heavy atom. The van der Waals surface area contributed by atoms with Crippen LogP contribution in [-0.2, 0) is 7.05 Å². The van der Waals surface area contributed by atoms with Crippen molar-refractivity contribution >= 4 is 52.5 Å². The monoisotopic (exact) mass is 519 g/mol. The maximum atomic E-state index is 13.1. The average molecular weight is 521 g/mol. The van der Waals surface area contributed by atoms with Gasteiger partial charge in [-0.3, -0.25) is 9.48 Å². The van der Waals surface area contributed by atoms with Gasteiger partial charge in [-0.2, -0.15) is 5.10 Å². The van der Waals surface area contributed by atoms with Crippen LogP contribution in [0.3, 0.4) is 0 Å². The van der Waals surface area contributed by atoms with E-state index in [4.69, 9.17) is 39.5 Å². The first-order valence-electron chi connectivity index (χ1n) is 9.32. The van der Waals surface area contributed by atoms with Crippen molar-refractivity contribution in [3.8, 4) is 11.5 Å². The number of rotatable bonds is 8. The van der Waals surface area contributed by atoms with Crippen LogP contribution in [-0.4, -0.2) is 27.5 Å². The van der Waals surface area contributed by atoms with Crippen LogP contribution in [0.15, 0.2) is 47.5 Å². The number of thioether (sulfide) groups is 1. The van der Waals surface area contributed by atoms with Crippen molar-refractivity contribution in [1.82, 2.24) is 15.1 Å². The van der Waals surface area contributed by atoms with Crippen molar-refractivity contribution in [2.45, 2.75) is 24.3 Å². The lowest BCUT2D eigenvalue weighted by Crippen LogP contribution is -2.34. The van der Waals surface area contributed by atoms with Crippen molar-refractivity contribution < 1.29 is 18.3 Å². The van der Waals surface area contributed by atoms with Gasteiger partial charge in [0.05, 0.1) is 15.6 Å². The number of aryl methyl sites for hydroxylation is 1. The predicted octanol–water partition coefficient (Wildman–Crippen LogP) is 7.02. The topological polar surface area (TPSA) is 56.1 Å². The number of ether oxygens (including phenoxy) is 1. The van der Waals surface area contributed by atoms with Crippen LogP contribution in [0.5, 0.6) is 11.5 Å². The lowest BCUT2D eigenvalue weighted by atomic mass is 10.2. The first-order valence-corrected chi connectivity index (χ1v) is 11.4. The molecule has 0 bridgehead atoms. The fourth-order valence-electron chi connectivity index (χ4n) is 2.77. The van der Waals surface area contributed by atoms with Crippen LogP contribution in [0.25, 0.3) is 0 Å². The minimum atomic E-state index is -2.84. The summed E-state index contributed by atoms with van der Waals surface area (Å²) in [7, 11) is 1.48. The summed E-state index contributed by atoms with van der Waals surface area (Å²) in [6.45, 7) is 1.75. The number of nitrogens with zero attached hydrogens (tertiary/aromatic N) is 2. The standard InChI is InChI=1S/C21H18Cl3F2N3O2S/c1-11(27-21(30)15-9-29(2)28-18(15)20(25)26)10-32-19-16(23)7-14(8-17(19)24)31-13-5-3-12(22)4-6-13/h3-9,11,20H,10H2,1-2H3,(H,27,30). The third kappa shape index (κ3) is 6.28. The van der Waals surface area contributed by atoms with E-state index in [0.29, 0.717) is 37.2 Å². The van der Waals surface area contributed by atoms with E-state index >= 15 is 0 Å². The van der Waals surface area contributed by atoms with E-state index in [0.717, 1.165) is 0 Å². The molecule has 2 aromatic carbocycles. The van der Waals surface area contributed by atoms with E-state index in [1.165, 1.54) is 29.7 Å². The number of hydrogen-bond acceptors (Lipinski definition) is 4. The zero-order valence-corrected chi connectivity index (χ0v) is 20.0. The third-order valence-electron chi connectivity index (χ3n) is 4.18. The van der Waals surface area contributed by atoms with Crippen LogP contribution in [0.2, 0.25) is 15.1 Å². The van der Waals surface area contributed by atoms with Crippen LogP contribution in [0, 0.1) is 0 Å². The second kappa shape index (κ2) is 10.7. The van der Waals surface area contributed by atoms with Gasteiger partial charge in [0.1, 0.15) is 17.2 Å². The van der Waals surface area contributed by atoms with Gasteiger partial charge in [0, 0.05) is 47.1 Å². The van der Waals surface area contributed by atoms with Gasteiger partial charge in [-0.05, 0) is 31.2 Å². The summed E-state index contributed by atoms with van der Waals surface area (Å²) in [5, 5.41) is 7.71. The molecule has 0 fully saturated rings. The molecule has 0 aliphatic carbocycles. The Balaban J connectivity index is 1.62. The number of benzene rings is 2. The largest absolute Gasteiger partial charge is 0.457 e. The van der Waals surface area contributed by atoms with E-state index in [1.54, 1.807) is 43.3 Å². The van der Waals surface area contributed by atoms with Gasteiger partial charge in [0.15, 0.2) is 0 Å². The van der Waals surface area contributed by atoms with Gasteiger partial charge in [-0.15, -0.1) is 11.8 Å². The number of amides is 1. The van der Waals surface area contributed by atoms with Gasteiger partial charge in [0.2, 0.25) is 0 Å². The van der Waals surface area contributed by atoms with Crippen LogP contribution in [0.4, 0.5) is 8.78 Å². The SMILES string of the molecule is CC(CSc1c(Cl)cc(Oc2ccc(Cl)cc2)cc1Cl)NC(=O)c1cn(C)nc1C(F)F. The van der Waals surface area contributed by atoms with Crippen LogP contribution in [0.1, 0.15) is 29.4 Å². The highest BCUT2D eigenvalue weighted by Gasteiger charge is 2.23. The zero-order chi connectivity index (χ0) is 23.4. The van der Waals surface area contributed by atoms with E-state index in [-0.39, 0.29) is 11.6 Å². The fourth-order valence-corrected chi connectivity index (χ4v) is 4.58. The van der Waals surface area contributed by atoms with Crippen molar-refractivity contribution in [2.24, 2.45) is 7.05 Å². The quantitative estimate of drug-likeness (QED) is 0.324. The Morgan fingerprint density at radius 2 is 1.78 bits per heavy atom. The molecule has 0 spiro atoms. The summed E-state index contributed by atoms with van der Waals surface area (Å²) in [5.74, 6) is 0.832. The zero-order valence-electron chi connectivity index (χ0n) is 16.9. The Hall–Kier alpha value is -2.00. The number of carbonyl (C=O) groups is 1. The highest BCUT2D eigenvalue weighted by atomic mass is 35.5. The second-order valence-corrected chi connectivity index (χ2v) is 9.14. The molecule has 0 aliphatic heterocycles. The van der Waals surface area contributed by atoms with Gasteiger partial charge in [-0.1, -0.05) is 34.8 Å². The smallest absolute Gasteiger partial charge is 0.282 e. The van der Waals surface area contributed by atoms with Crippen LogP contribution >= 0.6 is 46.6 Å². The summed E-state index contributed by atoms with van der Waals surface area (Å²) in [6, 6.07) is 9.77. The van der Waals surface area contributed by atoms with Crippen molar-refractivity contribution in [3.63, 3.8) is 0 Å². The molecule has 0 saturated carbocycles. The van der Waals surface area contributed by atoms with Gasteiger partial charge in [0.25, 0.3) is 12.3 Å². The molecule has 1 heterocycles. The average Bonchev–Trinajstić information content (AvgIpc) is 3.11. The molecule has 3 aromatic rings. The molecule has 11 heteroatoms. The maximum absolute atomic E-state index is 13.1. The normalized spacial score (nSPS) is 12.1. The Kier molecular flexibility index (Phi) is 8.27. The first kappa shape index (κ1) is 24.6. The number of nitrogens with one attached hydrogen (secondary N) is 1. The number of aromatic nitrogens is 2.